The summed E-state index contributed by atoms with van der Waals surface area (Å²) in [4.78, 5) is 12.9. The Balaban J connectivity index is 1.76. The molecule has 3 rings (SSSR count). The molecule has 2 aromatic carbocycles. The highest BCUT2D eigenvalue weighted by Crippen LogP contribution is 2.42. The Hall–Kier alpha value is -2.49. The molecule has 2 atom stereocenters. The Kier molecular flexibility index (Phi) is 5.97. The van der Waals surface area contributed by atoms with Crippen molar-refractivity contribution in [1.82, 2.24) is 5.32 Å². The zero-order chi connectivity index (χ0) is 20.3. The first kappa shape index (κ1) is 20.2. The Morgan fingerprint density at radius 1 is 1.18 bits per heavy atom. The van der Waals surface area contributed by atoms with Gasteiger partial charge in [-0.05, 0) is 62.9 Å². The zero-order valence-corrected chi connectivity index (χ0v) is 17.5. The van der Waals surface area contributed by atoms with Gasteiger partial charge in [-0.2, -0.15) is 0 Å². The van der Waals surface area contributed by atoms with Gasteiger partial charge in [-0.15, -0.1) is 0 Å². The van der Waals surface area contributed by atoms with Gasteiger partial charge in [-0.1, -0.05) is 38.1 Å². The molecule has 0 fully saturated rings. The van der Waals surface area contributed by atoms with E-state index in [0.29, 0.717) is 0 Å². The number of nitrogens with one attached hydrogen (secondary N) is 1. The largest absolute Gasteiger partial charge is 0.487 e. The number of aryl methyl sites for hydroxylation is 2. The molecule has 2 unspecified atom stereocenters. The topological polar surface area (TPSA) is 47.6 Å². The summed E-state index contributed by atoms with van der Waals surface area (Å²) < 4.78 is 12.3. The standard InChI is InChI=1S/C24H31NO3/c1-6-24(7-2)15-21(20-10-8-9-11-22(20)28-24)25-23(26)18(5)27-19-13-16(3)12-17(4)14-19/h8-14,18,21H,6-7,15H2,1-5H3,(H,25,26). The van der Waals surface area contributed by atoms with Crippen LogP contribution in [0.3, 0.4) is 0 Å². The molecule has 28 heavy (non-hydrogen) atoms. The van der Waals surface area contributed by atoms with Crippen LogP contribution in [0.25, 0.3) is 0 Å². The number of rotatable bonds is 6. The smallest absolute Gasteiger partial charge is 0.261 e. The van der Waals surface area contributed by atoms with Gasteiger partial charge in [-0.25, -0.2) is 0 Å². The van der Waals surface area contributed by atoms with E-state index in [1.807, 2.05) is 50.2 Å². The Morgan fingerprint density at radius 3 is 2.46 bits per heavy atom. The monoisotopic (exact) mass is 381 g/mol. The molecule has 0 spiro atoms. The summed E-state index contributed by atoms with van der Waals surface area (Å²) in [6.45, 7) is 10.1. The van der Waals surface area contributed by atoms with Crippen LogP contribution in [0.15, 0.2) is 42.5 Å². The first-order valence-electron chi connectivity index (χ1n) is 10.2. The van der Waals surface area contributed by atoms with Gasteiger partial charge in [0.2, 0.25) is 0 Å². The third-order valence-corrected chi connectivity index (χ3v) is 5.68. The summed E-state index contributed by atoms with van der Waals surface area (Å²) in [7, 11) is 0. The SMILES string of the molecule is CCC1(CC)CC(NC(=O)C(C)Oc2cc(C)cc(C)c2)c2ccccc2O1. The van der Waals surface area contributed by atoms with Crippen molar-refractivity contribution >= 4 is 5.91 Å². The second-order valence-corrected chi connectivity index (χ2v) is 7.88. The lowest BCUT2D eigenvalue weighted by Crippen LogP contribution is -2.46. The van der Waals surface area contributed by atoms with Crippen LogP contribution in [0.4, 0.5) is 0 Å². The molecule has 1 aliphatic heterocycles. The van der Waals surface area contributed by atoms with Crippen molar-refractivity contribution in [3.05, 3.63) is 59.2 Å². The molecule has 4 heteroatoms. The lowest BCUT2D eigenvalue weighted by Gasteiger charge is -2.41. The van der Waals surface area contributed by atoms with Crippen molar-refractivity contribution in [2.75, 3.05) is 0 Å². The molecule has 0 aromatic heterocycles. The molecule has 0 aliphatic carbocycles. The van der Waals surface area contributed by atoms with Crippen LogP contribution in [0.1, 0.15) is 62.8 Å². The maximum absolute atomic E-state index is 12.9. The fraction of sp³-hybridized carbons (Fsp3) is 0.458. The summed E-state index contributed by atoms with van der Waals surface area (Å²) in [5, 5.41) is 3.20. The van der Waals surface area contributed by atoms with E-state index >= 15 is 0 Å². The van der Waals surface area contributed by atoms with Gasteiger partial charge in [0.25, 0.3) is 5.91 Å². The Morgan fingerprint density at radius 2 is 1.82 bits per heavy atom. The number of hydrogen-bond acceptors (Lipinski definition) is 3. The van der Waals surface area contributed by atoms with Gasteiger partial charge in [-0.3, -0.25) is 4.79 Å². The molecule has 0 saturated heterocycles. The number of carbonyl (C=O) groups is 1. The van der Waals surface area contributed by atoms with Crippen molar-refractivity contribution in [3.8, 4) is 11.5 Å². The number of fused-ring (bicyclic) bond motifs is 1. The minimum absolute atomic E-state index is 0.0809. The summed E-state index contributed by atoms with van der Waals surface area (Å²) in [5.74, 6) is 1.48. The summed E-state index contributed by atoms with van der Waals surface area (Å²) in [5.41, 5.74) is 3.03. The molecular weight excluding hydrogens is 350 g/mol. The van der Waals surface area contributed by atoms with E-state index in [0.717, 1.165) is 47.5 Å². The van der Waals surface area contributed by atoms with E-state index in [-0.39, 0.29) is 17.6 Å². The maximum atomic E-state index is 12.9. The van der Waals surface area contributed by atoms with E-state index < -0.39 is 6.10 Å². The van der Waals surface area contributed by atoms with Crippen molar-refractivity contribution in [2.24, 2.45) is 0 Å². The number of carbonyl (C=O) groups excluding carboxylic acids is 1. The van der Waals surface area contributed by atoms with Crippen molar-refractivity contribution < 1.29 is 14.3 Å². The van der Waals surface area contributed by atoms with Crippen molar-refractivity contribution in [3.63, 3.8) is 0 Å². The molecule has 4 nitrogen and oxygen atoms in total. The molecule has 0 saturated carbocycles. The summed E-state index contributed by atoms with van der Waals surface area (Å²) in [6.07, 6.45) is 1.99. The van der Waals surface area contributed by atoms with Crippen LogP contribution in [-0.2, 0) is 4.79 Å². The third-order valence-electron chi connectivity index (χ3n) is 5.68. The van der Waals surface area contributed by atoms with Gasteiger partial charge < -0.3 is 14.8 Å². The van der Waals surface area contributed by atoms with E-state index in [4.69, 9.17) is 9.47 Å². The molecule has 1 heterocycles. The van der Waals surface area contributed by atoms with Crippen LogP contribution in [0, 0.1) is 13.8 Å². The van der Waals surface area contributed by atoms with Gasteiger partial charge in [0.05, 0.1) is 6.04 Å². The highest BCUT2D eigenvalue weighted by molar-refractivity contribution is 5.81. The van der Waals surface area contributed by atoms with Crippen molar-refractivity contribution in [1.29, 1.82) is 0 Å². The molecule has 2 aromatic rings. The van der Waals surface area contributed by atoms with Gasteiger partial charge in [0.15, 0.2) is 6.10 Å². The highest BCUT2D eigenvalue weighted by atomic mass is 16.5. The molecule has 150 valence electrons. The van der Waals surface area contributed by atoms with Crippen LogP contribution >= 0.6 is 0 Å². The fourth-order valence-electron chi connectivity index (χ4n) is 3.98. The summed E-state index contributed by atoms with van der Waals surface area (Å²) >= 11 is 0. The molecule has 1 aliphatic rings. The molecule has 0 radical (unpaired) electrons. The van der Waals surface area contributed by atoms with Crippen LogP contribution in [-0.4, -0.2) is 17.6 Å². The molecular formula is C24H31NO3. The minimum Gasteiger partial charge on any atom is -0.487 e. The highest BCUT2D eigenvalue weighted by Gasteiger charge is 2.39. The van der Waals surface area contributed by atoms with Crippen LogP contribution < -0.4 is 14.8 Å². The lowest BCUT2D eigenvalue weighted by atomic mass is 9.83. The average Bonchev–Trinajstić information content (AvgIpc) is 2.66. The average molecular weight is 382 g/mol. The summed E-state index contributed by atoms with van der Waals surface area (Å²) in [6, 6.07) is 13.9. The second-order valence-electron chi connectivity index (χ2n) is 7.88. The lowest BCUT2D eigenvalue weighted by molar-refractivity contribution is -0.128. The van der Waals surface area contributed by atoms with E-state index in [2.05, 4.69) is 25.2 Å². The quantitative estimate of drug-likeness (QED) is 0.741. The fourth-order valence-corrected chi connectivity index (χ4v) is 3.98. The predicted molar refractivity (Wildman–Crippen MR) is 112 cm³/mol. The van der Waals surface area contributed by atoms with Crippen molar-refractivity contribution in [2.45, 2.75) is 71.6 Å². The predicted octanol–water partition coefficient (Wildman–Crippen LogP) is 5.27. The normalized spacial score (nSPS) is 18.5. The minimum atomic E-state index is -0.575. The maximum Gasteiger partial charge on any atom is 0.261 e. The number of amides is 1. The number of benzene rings is 2. The Bertz CT molecular complexity index is 821. The second kappa shape index (κ2) is 8.26. The van der Waals surface area contributed by atoms with Crippen LogP contribution in [0.5, 0.6) is 11.5 Å². The third kappa shape index (κ3) is 4.32. The first-order valence-corrected chi connectivity index (χ1v) is 10.2. The molecule has 1 amide bonds. The zero-order valence-electron chi connectivity index (χ0n) is 17.5. The number of hydrogen-bond donors (Lipinski definition) is 1. The van der Waals surface area contributed by atoms with Crippen LogP contribution in [0.2, 0.25) is 0 Å². The molecule has 0 bridgehead atoms. The van der Waals surface area contributed by atoms with E-state index in [1.54, 1.807) is 6.92 Å². The van der Waals surface area contributed by atoms with E-state index in [1.165, 1.54) is 0 Å². The van der Waals surface area contributed by atoms with E-state index in [9.17, 15) is 4.79 Å². The Labute approximate surface area is 168 Å². The van der Waals surface area contributed by atoms with Gasteiger partial charge in [0.1, 0.15) is 17.1 Å². The van der Waals surface area contributed by atoms with Gasteiger partial charge >= 0.3 is 0 Å². The first-order chi connectivity index (χ1) is 13.4. The van der Waals surface area contributed by atoms with Gasteiger partial charge in [0, 0.05) is 12.0 Å². The molecule has 1 N–H and O–H groups in total. The number of para-hydroxylation sites is 1. The number of ether oxygens (including phenoxy) is 2.